The summed E-state index contributed by atoms with van der Waals surface area (Å²) in [5.41, 5.74) is 2.35. The summed E-state index contributed by atoms with van der Waals surface area (Å²) >= 11 is 0. The number of para-hydroxylation sites is 1. The van der Waals surface area contributed by atoms with Gasteiger partial charge < -0.3 is 9.47 Å². The molecule has 116 valence electrons. The lowest BCUT2D eigenvalue weighted by Crippen LogP contribution is -2.14. The number of hydrogen-bond acceptors (Lipinski definition) is 4. The van der Waals surface area contributed by atoms with Crippen molar-refractivity contribution in [2.75, 3.05) is 6.61 Å². The van der Waals surface area contributed by atoms with E-state index in [9.17, 15) is 9.18 Å². The fourth-order valence-electron chi connectivity index (χ4n) is 2.22. The Morgan fingerprint density at radius 2 is 2.00 bits per heavy atom. The zero-order valence-corrected chi connectivity index (χ0v) is 12.9. The van der Waals surface area contributed by atoms with Crippen molar-refractivity contribution in [2.24, 2.45) is 0 Å². The van der Waals surface area contributed by atoms with Gasteiger partial charge in [-0.25, -0.2) is 9.18 Å². The van der Waals surface area contributed by atoms with E-state index in [0.717, 1.165) is 5.69 Å². The number of hydrogen-bond donors (Lipinski definition) is 0. The molecule has 0 atom stereocenters. The van der Waals surface area contributed by atoms with Crippen LogP contribution >= 0.6 is 0 Å². The molecule has 1 aromatic heterocycles. The molecule has 2 rings (SSSR count). The maximum absolute atomic E-state index is 13.6. The molecule has 0 N–H and O–H groups in total. The summed E-state index contributed by atoms with van der Waals surface area (Å²) in [6.07, 6.45) is 0. The van der Waals surface area contributed by atoms with E-state index in [2.05, 4.69) is 4.98 Å². The second kappa shape index (κ2) is 7.02. The molecule has 0 fully saturated rings. The molecular formula is C17H18FNO3. The van der Waals surface area contributed by atoms with Gasteiger partial charge in [0.25, 0.3) is 0 Å². The first-order valence-electron chi connectivity index (χ1n) is 7.04. The largest absolute Gasteiger partial charge is 0.486 e. The van der Waals surface area contributed by atoms with Gasteiger partial charge in [-0.05, 0) is 39.0 Å². The van der Waals surface area contributed by atoms with Gasteiger partial charge in [0.05, 0.1) is 17.9 Å². The SMILES string of the molecule is CCOC(=O)c1c(COc2ccccc2F)cc(C)nc1C. The van der Waals surface area contributed by atoms with Crippen molar-refractivity contribution in [3.05, 3.63) is 58.7 Å². The normalized spacial score (nSPS) is 10.4. The van der Waals surface area contributed by atoms with Gasteiger partial charge >= 0.3 is 5.97 Å². The molecule has 2 aromatic rings. The maximum atomic E-state index is 13.6. The Hall–Kier alpha value is -2.43. The van der Waals surface area contributed by atoms with Gasteiger partial charge in [0.1, 0.15) is 6.61 Å². The van der Waals surface area contributed by atoms with Crippen molar-refractivity contribution in [3.63, 3.8) is 0 Å². The number of pyridine rings is 1. The molecular weight excluding hydrogens is 285 g/mol. The van der Waals surface area contributed by atoms with Gasteiger partial charge in [0.2, 0.25) is 0 Å². The van der Waals surface area contributed by atoms with Crippen LogP contribution in [0, 0.1) is 19.7 Å². The predicted molar refractivity (Wildman–Crippen MR) is 80.4 cm³/mol. The molecule has 22 heavy (non-hydrogen) atoms. The highest BCUT2D eigenvalue weighted by Crippen LogP contribution is 2.21. The molecule has 0 radical (unpaired) electrons. The second-order valence-corrected chi connectivity index (χ2v) is 4.82. The lowest BCUT2D eigenvalue weighted by molar-refractivity contribution is 0.0522. The number of esters is 1. The van der Waals surface area contributed by atoms with E-state index in [1.807, 2.05) is 6.92 Å². The van der Waals surface area contributed by atoms with Crippen molar-refractivity contribution in [1.82, 2.24) is 4.98 Å². The van der Waals surface area contributed by atoms with Crippen molar-refractivity contribution >= 4 is 5.97 Å². The van der Waals surface area contributed by atoms with Gasteiger partial charge in [-0.2, -0.15) is 0 Å². The highest BCUT2D eigenvalue weighted by Gasteiger charge is 2.18. The minimum Gasteiger partial charge on any atom is -0.486 e. The third kappa shape index (κ3) is 3.61. The third-order valence-corrected chi connectivity index (χ3v) is 3.11. The van der Waals surface area contributed by atoms with Crippen LogP contribution in [-0.2, 0) is 11.3 Å². The van der Waals surface area contributed by atoms with Gasteiger partial charge in [0.15, 0.2) is 11.6 Å². The maximum Gasteiger partial charge on any atom is 0.340 e. The molecule has 0 aliphatic heterocycles. The number of carbonyl (C=O) groups excluding carboxylic acids is 1. The molecule has 0 saturated carbocycles. The highest BCUT2D eigenvalue weighted by molar-refractivity contribution is 5.92. The Bertz CT molecular complexity index is 686. The molecule has 0 aliphatic rings. The van der Waals surface area contributed by atoms with Crippen molar-refractivity contribution in [1.29, 1.82) is 0 Å². The number of halogens is 1. The minimum absolute atomic E-state index is 0.0687. The van der Waals surface area contributed by atoms with E-state index in [0.29, 0.717) is 16.8 Å². The number of ether oxygens (including phenoxy) is 2. The van der Waals surface area contributed by atoms with E-state index in [1.165, 1.54) is 6.07 Å². The highest BCUT2D eigenvalue weighted by atomic mass is 19.1. The Balaban J connectivity index is 2.29. The Morgan fingerprint density at radius 1 is 1.27 bits per heavy atom. The first kappa shape index (κ1) is 15.9. The van der Waals surface area contributed by atoms with Gasteiger partial charge in [0, 0.05) is 11.3 Å². The van der Waals surface area contributed by atoms with Crippen LogP contribution in [0.5, 0.6) is 5.75 Å². The summed E-state index contributed by atoms with van der Waals surface area (Å²) in [6, 6.07) is 7.89. The quantitative estimate of drug-likeness (QED) is 0.792. The molecule has 4 nitrogen and oxygen atoms in total. The van der Waals surface area contributed by atoms with E-state index in [4.69, 9.17) is 9.47 Å². The predicted octanol–water partition coefficient (Wildman–Crippen LogP) is 3.59. The second-order valence-electron chi connectivity index (χ2n) is 4.82. The molecule has 0 amide bonds. The molecule has 5 heteroatoms. The lowest BCUT2D eigenvalue weighted by Gasteiger charge is -2.13. The zero-order valence-electron chi connectivity index (χ0n) is 12.9. The molecule has 0 bridgehead atoms. The molecule has 1 aromatic carbocycles. The van der Waals surface area contributed by atoms with E-state index in [-0.39, 0.29) is 19.0 Å². The number of benzene rings is 1. The first-order chi connectivity index (χ1) is 10.5. The summed E-state index contributed by atoms with van der Waals surface area (Å²) in [5, 5.41) is 0. The number of aromatic nitrogens is 1. The summed E-state index contributed by atoms with van der Waals surface area (Å²) in [7, 11) is 0. The number of nitrogens with zero attached hydrogens (tertiary/aromatic N) is 1. The molecule has 0 spiro atoms. The number of carbonyl (C=O) groups is 1. The Labute approximate surface area is 128 Å². The van der Waals surface area contributed by atoms with Crippen LogP contribution in [0.3, 0.4) is 0 Å². The molecule has 0 unspecified atom stereocenters. The average Bonchev–Trinajstić information content (AvgIpc) is 2.46. The van der Waals surface area contributed by atoms with Crippen LogP contribution < -0.4 is 4.74 Å². The smallest absolute Gasteiger partial charge is 0.340 e. The molecule has 1 heterocycles. The average molecular weight is 303 g/mol. The van der Waals surface area contributed by atoms with E-state index >= 15 is 0 Å². The first-order valence-corrected chi connectivity index (χ1v) is 7.04. The van der Waals surface area contributed by atoms with Gasteiger partial charge in [-0.1, -0.05) is 12.1 Å². The number of aryl methyl sites for hydroxylation is 2. The summed E-state index contributed by atoms with van der Waals surface area (Å²) in [6.45, 7) is 5.66. The standard InChI is InChI=1S/C17H18FNO3/c1-4-21-17(20)16-12(3)19-11(2)9-13(16)10-22-15-8-6-5-7-14(15)18/h5-9H,4,10H2,1-3H3. The van der Waals surface area contributed by atoms with Crippen molar-refractivity contribution in [2.45, 2.75) is 27.4 Å². The minimum atomic E-state index is -0.445. The van der Waals surface area contributed by atoms with Crippen LogP contribution in [0.25, 0.3) is 0 Å². The monoisotopic (exact) mass is 303 g/mol. The molecule has 0 aliphatic carbocycles. The Kier molecular flexibility index (Phi) is 5.09. The van der Waals surface area contributed by atoms with E-state index < -0.39 is 11.8 Å². The van der Waals surface area contributed by atoms with Gasteiger partial charge in [-0.3, -0.25) is 4.98 Å². The number of rotatable bonds is 5. The van der Waals surface area contributed by atoms with Crippen LogP contribution in [0.15, 0.2) is 30.3 Å². The lowest BCUT2D eigenvalue weighted by atomic mass is 10.1. The summed E-state index contributed by atoms with van der Waals surface area (Å²) < 4.78 is 24.1. The van der Waals surface area contributed by atoms with Crippen LogP contribution in [-0.4, -0.2) is 17.6 Å². The summed E-state index contributed by atoms with van der Waals surface area (Å²) in [5.74, 6) is -0.744. The van der Waals surface area contributed by atoms with Crippen molar-refractivity contribution < 1.29 is 18.7 Å². The van der Waals surface area contributed by atoms with Crippen LogP contribution in [0.1, 0.15) is 34.2 Å². The topological polar surface area (TPSA) is 48.4 Å². The third-order valence-electron chi connectivity index (χ3n) is 3.11. The van der Waals surface area contributed by atoms with Gasteiger partial charge in [-0.15, -0.1) is 0 Å². The fourth-order valence-corrected chi connectivity index (χ4v) is 2.22. The van der Waals surface area contributed by atoms with E-state index in [1.54, 1.807) is 38.1 Å². The zero-order chi connectivity index (χ0) is 16.1. The molecule has 0 saturated heterocycles. The van der Waals surface area contributed by atoms with Crippen LogP contribution in [0.4, 0.5) is 4.39 Å². The van der Waals surface area contributed by atoms with Crippen LogP contribution in [0.2, 0.25) is 0 Å². The summed E-state index contributed by atoms with van der Waals surface area (Å²) in [4.78, 5) is 16.4. The van der Waals surface area contributed by atoms with Crippen molar-refractivity contribution in [3.8, 4) is 5.75 Å². The Morgan fingerprint density at radius 3 is 2.68 bits per heavy atom. The fraction of sp³-hybridized carbons (Fsp3) is 0.294.